The number of nitriles is 1. The van der Waals surface area contributed by atoms with Crippen molar-refractivity contribution in [2.75, 3.05) is 49.2 Å². The molecule has 0 aliphatic carbocycles. The number of ether oxygens (including phenoxy) is 1. The number of benzene rings is 2. The number of morpholine rings is 1. The Morgan fingerprint density at radius 1 is 1.17 bits per heavy atom. The first-order valence-corrected chi connectivity index (χ1v) is 11.9. The van der Waals surface area contributed by atoms with Crippen molar-refractivity contribution in [3.8, 4) is 17.3 Å². The van der Waals surface area contributed by atoms with Gasteiger partial charge in [-0.2, -0.15) is 5.26 Å². The van der Waals surface area contributed by atoms with Gasteiger partial charge in [-0.1, -0.05) is 24.8 Å². The Kier molecular flexibility index (Phi) is 6.41. The van der Waals surface area contributed by atoms with Crippen molar-refractivity contribution in [1.29, 1.82) is 5.26 Å². The molecule has 2 aliphatic heterocycles. The lowest BCUT2D eigenvalue weighted by atomic mass is 10.0. The third kappa shape index (κ3) is 4.59. The Balaban J connectivity index is 1.55. The zero-order valence-electron chi connectivity index (χ0n) is 19.9. The van der Waals surface area contributed by atoms with Gasteiger partial charge in [-0.25, -0.2) is 0 Å². The van der Waals surface area contributed by atoms with E-state index >= 15 is 0 Å². The summed E-state index contributed by atoms with van der Waals surface area (Å²) in [5, 5.41) is 21.1. The molecule has 0 radical (unpaired) electrons. The maximum Gasteiger partial charge on any atom is 0.101 e. The summed E-state index contributed by atoms with van der Waals surface area (Å²) >= 11 is 0. The molecule has 7 nitrogen and oxygen atoms in total. The van der Waals surface area contributed by atoms with E-state index in [0.29, 0.717) is 18.7 Å². The maximum atomic E-state index is 9.78. The van der Waals surface area contributed by atoms with Gasteiger partial charge in [0.1, 0.15) is 6.07 Å². The summed E-state index contributed by atoms with van der Waals surface area (Å²) in [6.07, 6.45) is 1.42. The van der Waals surface area contributed by atoms with Crippen molar-refractivity contribution in [2.45, 2.75) is 13.0 Å². The fourth-order valence-corrected chi connectivity index (χ4v) is 4.69. The molecule has 0 spiro atoms. The van der Waals surface area contributed by atoms with Crippen LogP contribution in [0.3, 0.4) is 0 Å². The number of aromatic nitrogens is 1. The lowest BCUT2D eigenvalue weighted by Crippen LogP contribution is -2.51. The normalized spacial score (nSPS) is 17.4. The van der Waals surface area contributed by atoms with Crippen LogP contribution in [-0.4, -0.2) is 61.8 Å². The van der Waals surface area contributed by atoms with Crippen LogP contribution < -0.4 is 20.4 Å². The zero-order chi connectivity index (χ0) is 24.4. The number of nitrogens with one attached hydrogen (secondary N) is 1. The van der Waals surface area contributed by atoms with Gasteiger partial charge in [0.05, 0.1) is 36.3 Å². The zero-order valence-corrected chi connectivity index (χ0v) is 19.9. The van der Waals surface area contributed by atoms with Gasteiger partial charge >= 0.3 is 0 Å². The molecule has 1 aromatic heterocycles. The molecule has 2 N–H and O–H groups in total. The lowest BCUT2D eigenvalue weighted by molar-refractivity contribution is 0.122. The Hall–Kier alpha value is -3.86. The Morgan fingerprint density at radius 3 is 2.69 bits per heavy atom. The molecule has 2 fully saturated rings. The molecular weight excluding hydrogens is 438 g/mol. The number of rotatable bonds is 5. The van der Waals surface area contributed by atoms with E-state index in [1.54, 1.807) is 6.21 Å². The molecule has 7 heteroatoms. The number of nitrogens with zero attached hydrogens (tertiary/aromatic N) is 4. The third-order valence-electron chi connectivity index (χ3n) is 6.54. The van der Waals surface area contributed by atoms with Gasteiger partial charge in [0.25, 0.3) is 0 Å². The van der Waals surface area contributed by atoms with Gasteiger partial charge in [-0.15, -0.1) is 0 Å². The third-order valence-corrected chi connectivity index (χ3v) is 6.54. The number of aliphatic hydroxyl groups excluding tert-OH is 1. The van der Waals surface area contributed by atoms with Gasteiger partial charge in [0.2, 0.25) is 0 Å². The lowest BCUT2D eigenvalue weighted by Gasteiger charge is -2.38. The van der Waals surface area contributed by atoms with Crippen LogP contribution in [0.25, 0.3) is 23.5 Å². The molecule has 2 aromatic carbocycles. The van der Waals surface area contributed by atoms with Crippen LogP contribution in [0.2, 0.25) is 0 Å². The van der Waals surface area contributed by atoms with Crippen molar-refractivity contribution in [3.05, 3.63) is 70.2 Å². The minimum absolute atomic E-state index is 0.332. The average Bonchev–Trinajstić information content (AvgIpc) is 3.27. The number of aliphatic hydroxyl groups is 1. The average molecular weight is 468 g/mol. The van der Waals surface area contributed by atoms with E-state index in [0.717, 1.165) is 65.1 Å². The van der Waals surface area contributed by atoms with Crippen LogP contribution in [0.1, 0.15) is 18.1 Å². The van der Waals surface area contributed by atoms with Crippen LogP contribution >= 0.6 is 0 Å². The summed E-state index contributed by atoms with van der Waals surface area (Å²) in [7, 11) is 0. The van der Waals surface area contributed by atoms with Gasteiger partial charge in [0.15, 0.2) is 0 Å². The smallest absolute Gasteiger partial charge is 0.101 e. The standard InChI is InChI=1S/C28H29N5O2/c1-3-30-28(21-7-8-27(22(13-21)16-29)33-17-24(34)18-33)25-15-26(31-19(25)2)20-5-4-6-23(14-20)32-9-11-35-12-10-32/h3-8,13-15,24,31,34H,2,9-12,17-18H2,1H3/b28-25-,30-3?. The molecule has 0 atom stereocenters. The molecule has 3 aromatic rings. The van der Waals surface area contributed by atoms with Gasteiger partial charge in [-0.3, -0.25) is 4.99 Å². The van der Waals surface area contributed by atoms with Crippen LogP contribution in [0.4, 0.5) is 11.4 Å². The summed E-state index contributed by atoms with van der Waals surface area (Å²) < 4.78 is 5.49. The van der Waals surface area contributed by atoms with Crippen LogP contribution in [0.15, 0.2) is 53.5 Å². The molecule has 0 amide bonds. The second kappa shape index (κ2) is 9.79. The predicted molar refractivity (Wildman–Crippen MR) is 140 cm³/mol. The van der Waals surface area contributed by atoms with Gasteiger partial charge < -0.3 is 24.6 Å². The highest BCUT2D eigenvalue weighted by atomic mass is 16.5. The van der Waals surface area contributed by atoms with E-state index in [4.69, 9.17) is 4.74 Å². The molecule has 0 unspecified atom stereocenters. The van der Waals surface area contributed by atoms with Crippen molar-refractivity contribution in [2.24, 2.45) is 4.99 Å². The number of aliphatic imine (C=N–C) groups is 1. The quantitative estimate of drug-likeness (QED) is 0.562. The van der Waals surface area contributed by atoms with Crippen molar-refractivity contribution in [3.63, 3.8) is 0 Å². The first-order chi connectivity index (χ1) is 17.1. The molecule has 0 saturated carbocycles. The second-order valence-corrected chi connectivity index (χ2v) is 8.86. The molecule has 0 bridgehead atoms. The highest BCUT2D eigenvalue weighted by molar-refractivity contribution is 5.77. The molecule has 178 valence electrons. The van der Waals surface area contributed by atoms with E-state index in [9.17, 15) is 10.4 Å². The molecular formula is C28H29N5O2. The minimum atomic E-state index is -0.332. The predicted octanol–water partition coefficient (Wildman–Crippen LogP) is 2.23. The summed E-state index contributed by atoms with van der Waals surface area (Å²) in [5.74, 6) is 0. The number of hydrogen-bond donors (Lipinski definition) is 2. The number of aromatic amines is 1. The molecule has 3 heterocycles. The Labute approximate surface area is 204 Å². The largest absolute Gasteiger partial charge is 0.389 e. The van der Waals surface area contributed by atoms with Crippen molar-refractivity contribution >= 4 is 29.9 Å². The van der Waals surface area contributed by atoms with Gasteiger partial charge in [0, 0.05) is 65.5 Å². The summed E-state index contributed by atoms with van der Waals surface area (Å²) in [6.45, 7) is 10.5. The minimum Gasteiger partial charge on any atom is -0.389 e. The van der Waals surface area contributed by atoms with E-state index in [2.05, 4.69) is 57.9 Å². The first-order valence-electron chi connectivity index (χ1n) is 11.9. The number of β-amino-alcohol motifs (C(OH)–C–C–N with tert-alkyl or cyclic N) is 1. The molecule has 5 rings (SSSR count). The Morgan fingerprint density at radius 2 is 1.97 bits per heavy atom. The van der Waals surface area contributed by atoms with Crippen LogP contribution in [0, 0.1) is 11.3 Å². The van der Waals surface area contributed by atoms with E-state index in [1.807, 2.05) is 30.0 Å². The first kappa shape index (κ1) is 22.9. The van der Waals surface area contributed by atoms with Crippen LogP contribution in [0.5, 0.6) is 0 Å². The van der Waals surface area contributed by atoms with E-state index < -0.39 is 0 Å². The fourth-order valence-electron chi connectivity index (χ4n) is 4.69. The van der Waals surface area contributed by atoms with Crippen LogP contribution in [-0.2, 0) is 4.74 Å². The monoisotopic (exact) mass is 467 g/mol. The molecule has 35 heavy (non-hydrogen) atoms. The number of anilines is 2. The highest BCUT2D eigenvalue weighted by Gasteiger charge is 2.26. The highest BCUT2D eigenvalue weighted by Crippen LogP contribution is 2.28. The number of hydrogen-bond acceptors (Lipinski definition) is 6. The fraction of sp³-hybridized carbons (Fsp3) is 0.286. The topological polar surface area (TPSA) is 87.9 Å². The summed E-state index contributed by atoms with van der Waals surface area (Å²) in [5.41, 5.74) is 6.24. The molecule has 2 saturated heterocycles. The van der Waals surface area contributed by atoms with Gasteiger partial charge in [-0.05, 0) is 37.3 Å². The van der Waals surface area contributed by atoms with E-state index in [1.165, 1.54) is 5.69 Å². The summed E-state index contributed by atoms with van der Waals surface area (Å²) in [6, 6.07) is 18.6. The SMILES string of the molecule is C=c1[nH]c(-c2cccc(N3CCOCC3)c2)c/c1=C(/N=CC)c1ccc(N2CC(O)C2)c(C#N)c1. The van der Waals surface area contributed by atoms with Crippen molar-refractivity contribution < 1.29 is 9.84 Å². The van der Waals surface area contributed by atoms with E-state index in [-0.39, 0.29) is 6.10 Å². The number of H-pyrrole nitrogens is 1. The summed E-state index contributed by atoms with van der Waals surface area (Å²) in [4.78, 5) is 12.4. The second-order valence-electron chi connectivity index (χ2n) is 8.86. The van der Waals surface area contributed by atoms with Crippen molar-refractivity contribution in [1.82, 2.24) is 4.98 Å². The maximum absolute atomic E-state index is 9.78. The Bertz CT molecular complexity index is 1410. The molecule has 2 aliphatic rings.